The Balaban J connectivity index is 2.91. The maximum Gasteiger partial charge on any atom is 0.264 e. The molecule has 0 bridgehead atoms. The van der Waals surface area contributed by atoms with Crippen LogP contribution >= 0.6 is 0 Å². The molecule has 0 atom stereocenters. The van der Waals surface area contributed by atoms with E-state index < -0.39 is 6.43 Å². The van der Waals surface area contributed by atoms with Crippen molar-refractivity contribution in [2.24, 2.45) is 5.90 Å². The zero-order valence-corrected chi connectivity index (χ0v) is 7.97. The number of halogens is 2. The lowest BCUT2D eigenvalue weighted by molar-refractivity contribution is 0.135. The fourth-order valence-electron chi connectivity index (χ4n) is 1.33. The van der Waals surface area contributed by atoms with Crippen molar-refractivity contribution < 1.29 is 13.6 Å². The van der Waals surface area contributed by atoms with Gasteiger partial charge in [0.1, 0.15) is 0 Å². The van der Waals surface area contributed by atoms with Gasteiger partial charge in [-0.25, -0.2) is 14.7 Å². The highest BCUT2D eigenvalue weighted by atomic mass is 19.3. The topological polar surface area (TPSA) is 35.2 Å². The fourth-order valence-corrected chi connectivity index (χ4v) is 1.33. The Hall–Kier alpha value is -1.00. The number of hydrogen-bond donors (Lipinski definition) is 1. The van der Waals surface area contributed by atoms with E-state index in [1.54, 1.807) is 12.1 Å². The van der Waals surface area contributed by atoms with Crippen molar-refractivity contribution in [1.82, 2.24) is 0 Å². The monoisotopic (exact) mass is 201 g/mol. The molecule has 2 N–H and O–H groups in total. The molecule has 78 valence electrons. The van der Waals surface area contributed by atoms with Crippen LogP contribution in [0.2, 0.25) is 0 Å². The van der Waals surface area contributed by atoms with Gasteiger partial charge in [0.15, 0.2) is 0 Å². The van der Waals surface area contributed by atoms with Crippen LogP contribution in [0.15, 0.2) is 18.2 Å². The summed E-state index contributed by atoms with van der Waals surface area (Å²) in [6.45, 7) is 2.12. The molecule has 0 aromatic heterocycles. The van der Waals surface area contributed by atoms with Crippen molar-refractivity contribution in [1.29, 1.82) is 0 Å². The van der Waals surface area contributed by atoms with Crippen LogP contribution in [0.5, 0.6) is 0 Å². The quantitative estimate of drug-likeness (QED) is 0.759. The highest BCUT2D eigenvalue weighted by Crippen LogP contribution is 2.24. The van der Waals surface area contributed by atoms with Gasteiger partial charge in [0.2, 0.25) is 0 Å². The van der Waals surface area contributed by atoms with Crippen molar-refractivity contribution in [2.75, 3.05) is 6.61 Å². The molecule has 14 heavy (non-hydrogen) atoms. The summed E-state index contributed by atoms with van der Waals surface area (Å²) in [4.78, 5) is 4.38. The third-order valence-electron chi connectivity index (χ3n) is 2.02. The molecular formula is C10H13F2NO. The first kappa shape index (κ1) is 11.1. The van der Waals surface area contributed by atoms with Crippen LogP contribution < -0.4 is 5.90 Å². The van der Waals surface area contributed by atoms with E-state index in [-0.39, 0.29) is 12.2 Å². The number of rotatable bonds is 4. The first-order valence-corrected chi connectivity index (χ1v) is 4.34. The lowest BCUT2D eigenvalue weighted by Crippen LogP contribution is -2.06. The Morgan fingerprint density at radius 2 is 2.14 bits per heavy atom. The van der Waals surface area contributed by atoms with Gasteiger partial charge >= 0.3 is 0 Å². The van der Waals surface area contributed by atoms with E-state index >= 15 is 0 Å². The van der Waals surface area contributed by atoms with Gasteiger partial charge in [0, 0.05) is 5.56 Å². The van der Waals surface area contributed by atoms with Crippen LogP contribution in [0.4, 0.5) is 8.78 Å². The summed E-state index contributed by atoms with van der Waals surface area (Å²) in [5, 5.41) is 0. The normalized spacial score (nSPS) is 10.9. The van der Waals surface area contributed by atoms with Crippen LogP contribution in [-0.4, -0.2) is 6.61 Å². The second-order valence-corrected chi connectivity index (χ2v) is 3.12. The Morgan fingerprint density at radius 3 is 2.71 bits per heavy atom. The van der Waals surface area contributed by atoms with Gasteiger partial charge in [-0.2, -0.15) is 0 Å². The van der Waals surface area contributed by atoms with Gasteiger partial charge in [0.05, 0.1) is 6.61 Å². The second-order valence-electron chi connectivity index (χ2n) is 3.12. The van der Waals surface area contributed by atoms with Crippen molar-refractivity contribution in [3.63, 3.8) is 0 Å². The van der Waals surface area contributed by atoms with Gasteiger partial charge in [-0.15, -0.1) is 0 Å². The van der Waals surface area contributed by atoms with Crippen molar-refractivity contribution in [2.45, 2.75) is 19.8 Å². The summed E-state index contributed by atoms with van der Waals surface area (Å²) in [5.41, 5.74) is 1.62. The minimum atomic E-state index is -2.44. The van der Waals surface area contributed by atoms with Crippen LogP contribution in [0.1, 0.15) is 23.1 Å². The molecule has 1 rings (SSSR count). The molecule has 0 amide bonds. The first-order valence-electron chi connectivity index (χ1n) is 4.34. The molecule has 0 aliphatic rings. The maximum absolute atomic E-state index is 12.5. The number of aryl methyl sites for hydroxylation is 1. The number of alkyl halides is 2. The summed E-state index contributed by atoms with van der Waals surface area (Å²) >= 11 is 0. The van der Waals surface area contributed by atoms with E-state index in [4.69, 9.17) is 5.90 Å². The Kier molecular flexibility index (Phi) is 3.98. The van der Waals surface area contributed by atoms with E-state index in [0.717, 1.165) is 5.56 Å². The van der Waals surface area contributed by atoms with Gasteiger partial charge in [0.25, 0.3) is 6.43 Å². The Bertz CT molecular complexity index is 302. The molecule has 0 saturated carbocycles. The number of nitrogens with two attached hydrogens (primary N) is 1. The largest absolute Gasteiger partial charge is 0.304 e. The Labute approximate surface area is 81.6 Å². The minimum Gasteiger partial charge on any atom is -0.304 e. The third-order valence-corrected chi connectivity index (χ3v) is 2.02. The molecule has 0 saturated heterocycles. The van der Waals surface area contributed by atoms with E-state index in [2.05, 4.69) is 4.84 Å². The standard InChI is InChI=1S/C10H13F2NO/c1-7-2-3-9(10(11)12)8(6-7)4-5-14-13/h2-3,6,10H,4-5,13H2,1H3. The third kappa shape index (κ3) is 2.75. The second kappa shape index (κ2) is 5.02. The highest BCUT2D eigenvalue weighted by Gasteiger charge is 2.12. The lowest BCUT2D eigenvalue weighted by atomic mass is 10.0. The molecule has 0 fully saturated rings. The van der Waals surface area contributed by atoms with Crippen LogP contribution in [0, 0.1) is 6.92 Å². The molecule has 0 aliphatic heterocycles. The molecule has 0 unspecified atom stereocenters. The predicted octanol–water partition coefficient (Wildman–Crippen LogP) is 2.37. The smallest absolute Gasteiger partial charge is 0.264 e. The van der Waals surface area contributed by atoms with Crippen molar-refractivity contribution >= 4 is 0 Å². The fraction of sp³-hybridized carbons (Fsp3) is 0.400. The molecule has 1 aromatic carbocycles. The van der Waals surface area contributed by atoms with Crippen molar-refractivity contribution in [3.8, 4) is 0 Å². The lowest BCUT2D eigenvalue weighted by Gasteiger charge is -2.09. The predicted molar refractivity (Wildman–Crippen MR) is 50.0 cm³/mol. The van der Waals surface area contributed by atoms with E-state index in [1.165, 1.54) is 6.07 Å². The minimum absolute atomic E-state index is 0.0626. The van der Waals surface area contributed by atoms with Gasteiger partial charge in [-0.3, -0.25) is 0 Å². The van der Waals surface area contributed by atoms with Gasteiger partial charge in [-0.05, 0) is 18.9 Å². The van der Waals surface area contributed by atoms with Gasteiger partial charge < -0.3 is 4.84 Å². The van der Waals surface area contributed by atoms with E-state index in [1.807, 2.05) is 6.92 Å². The number of benzene rings is 1. The molecule has 0 heterocycles. The van der Waals surface area contributed by atoms with Gasteiger partial charge in [-0.1, -0.05) is 23.8 Å². The maximum atomic E-state index is 12.5. The summed E-state index contributed by atoms with van der Waals surface area (Å²) in [5.74, 6) is 4.85. The van der Waals surface area contributed by atoms with Crippen LogP contribution in [0.25, 0.3) is 0 Å². The number of hydrogen-bond acceptors (Lipinski definition) is 2. The summed E-state index contributed by atoms with van der Waals surface area (Å²) < 4.78 is 25.0. The van der Waals surface area contributed by atoms with Crippen molar-refractivity contribution in [3.05, 3.63) is 34.9 Å². The molecule has 0 radical (unpaired) electrons. The molecule has 0 spiro atoms. The molecule has 0 aliphatic carbocycles. The van der Waals surface area contributed by atoms with Crippen LogP contribution in [0.3, 0.4) is 0 Å². The molecule has 4 heteroatoms. The molecule has 2 nitrogen and oxygen atoms in total. The zero-order chi connectivity index (χ0) is 10.6. The van der Waals surface area contributed by atoms with Crippen LogP contribution in [-0.2, 0) is 11.3 Å². The van der Waals surface area contributed by atoms with E-state index in [0.29, 0.717) is 12.0 Å². The molecular weight excluding hydrogens is 188 g/mol. The highest BCUT2D eigenvalue weighted by molar-refractivity contribution is 5.32. The SMILES string of the molecule is Cc1ccc(C(F)F)c(CCON)c1. The summed E-state index contributed by atoms with van der Waals surface area (Å²) in [6.07, 6.45) is -2.03. The average Bonchev–Trinajstić information content (AvgIpc) is 2.14. The first-order chi connectivity index (χ1) is 6.65. The molecule has 1 aromatic rings. The zero-order valence-electron chi connectivity index (χ0n) is 7.97. The Morgan fingerprint density at radius 1 is 1.43 bits per heavy atom. The van der Waals surface area contributed by atoms with E-state index in [9.17, 15) is 8.78 Å². The average molecular weight is 201 g/mol. The summed E-state index contributed by atoms with van der Waals surface area (Å²) in [6, 6.07) is 4.86. The summed E-state index contributed by atoms with van der Waals surface area (Å²) in [7, 11) is 0.